The molecule has 3 rings (SSSR count). The maximum atomic E-state index is 11.8. The number of β-lactam (4-membered cyclic amide) rings is 1. The van der Waals surface area contributed by atoms with Crippen LogP contribution >= 0.6 is 23.5 Å². The van der Waals surface area contributed by atoms with Gasteiger partial charge in [0, 0.05) is 22.5 Å². The van der Waals surface area contributed by atoms with Crippen molar-refractivity contribution in [2.45, 2.75) is 16.3 Å². The summed E-state index contributed by atoms with van der Waals surface area (Å²) >= 11 is 2.79. The molecule has 2 aliphatic heterocycles. The number of carboxylic acid groups (broad SMARTS) is 1. The number of rotatable bonds is 4. The molecule has 1 saturated heterocycles. The first-order chi connectivity index (χ1) is 10.5. The van der Waals surface area contributed by atoms with E-state index in [1.807, 2.05) is 0 Å². The van der Waals surface area contributed by atoms with E-state index >= 15 is 0 Å². The zero-order valence-corrected chi connectivity index (χ0v) is 12.9. The molecule has 22 heavy (non-hydrogen) atoms. The molecule has 3 N–H and O–H groups in total. The van der Waals surface area contributed by atoms with E-state index < -0.39 is 17.6 Å². The van der Waals surface area contributed by atoms with Crippen molar-refractivity contribution in [1.82, 2.24) is 4.90 Å². The van der Waals surface area contributed by atoms with Gasteiger partial charge in [0.2, 0.25) is 5.91 Å². The number of carbonyl (C=O) groups excluding carboxylic acids is 1. The molecule has 1 aromatic heterocycles. The summed E-state index contributed by atoms with van der Waals surface area (Å²) in [6, 6.07) is 2.35. The van der Waals surface area contributed by atoms with Gasteiger partial charge in [-0.1, -0.05) is 0 Å². The Morgan fingerprint density at radius 1 is 1.55 bits per heavy atom. The second-order valence-corrected chi connectivity index (χ2v) is 6.92. The van der Waals surface area contributed by atoms with Crippen LogP contribution in [-0.4, -0.2) is 44.8 Å². The van der Waals surface area contributed by atoms with Crippen LogP contribution in [0.4, 0.5) is 0 Å². The summed E-state index contributed by atoms with van der Waals surface area (Å²) in [5, 5.41) is 9.10. The van der Waals surface area contributed by atoms with Crippen LogP contribution in [0.1, 0.15) is 0 Å². The fourth-order valence-corrected chi connectivity index (χ4v) is 4.65. The summed E-state index contributed by atoms with van der Waals surface area (Å²) in [7, 11) is 0. The van der Waals surface area contributed by atoms with Crippen LogP contribution in [0.25, 0.3) is 0 Å². The Labute approximate surface area is 133 Å². The molecular weight excluding hydrogens is 328 g/mol. The molecule has 0 aliphatic carbocycles. The minimum Gasteiger partial charge on any atom is -0.477 e. The third-order valence-corrected chi connectivity index (χ3v) is 5.82. The first kappa shape index (κ1) is 15.2. The van der Waals surface area contributed by atoms with Crippen molar-refractivity contribution in [2.24, 2.45) is 5.73 Å². The van der Waals surface area contributed by atoms with Gasteiger partial charge in [-0.2, -0.15) is 0 Å². The molecule has 0 radical (unpaired) electrons. The van der Waals surface area contributed by atoms with Crippen LogP contribution in [0, 0.1) is 0 Å². The molecule has 0 saturated carbocycles. The highest BCUT2D eigenvalue weighted by atomic mass is 32.2. The Hall–Kier alpha value is -1.71. The number of carbonyl (C=O) groups is 2. The Bertz CT molecular complexity index is 729. The molecular formula is C13H12N2O5S2. The van der Waals surface area contributed by atoms with Gasteiger partial charge < -0.3 is 15.3 Å². The highest BCUT2D eigenvalue weighted by Gasteiger charge is 2.51. The third-order valence-electron chi connectivity index (χ3n) is 3.38. The van der Waals surface area contributed by atoms with Crippen molar-refractivity contribution >= 4 is 35.4 Å². The van der Waals surface area contributed by atoms with Crippen molar-refractivity contribution in [3.8, 4) is 0 Å². The summed E-state index contributed by atoms with van der Waals surface area (Å²) < 4.78 is 4.64. The fraction of sp³-hybridized carbons (Fsp3) is 0.308. The van der Waals surface area contributed by atoms with Crippen LogP contribution in [-0.2, 0) is 9.59 Å². The van der Waals surface area contributed by atoms with Crippen LogP contribution in [0.15, 0.2) is 43.8 Å². The molecule has 1 fully saturated rings. The molecule has 0 spiro atoms. The molecule has 2 atom stereocenters. The average Bonchev–Trinajstić information content (AvgIpc) is 2.51. The minimum atomic E-state index is -1.13. The van der Waals surface area contributed by atoms with Gasteiger partial charge in [-0.05, 0) is 11.6 Å². The molecule has 0 unspecified atom stereocenters. The second kappa shape index (κ2) is 5.82. The van der Waals surface area contributed by atoms with Crippen LogP contribution in [0.5, 0.6) is 0 Å². The minimum absolute atomic E-state index is 0.0194. The molecule has 116 valence electrons. The van der Waals surface area contributed by atoms with E-state index in [-0.39, 0.29) is 17.0 Å². The van der Waals surface area contributed by atoms with E-state index in [4.69, 9.17) is 5.73 Å². The zero-order chi connectivity index (χ0) is 15.9. The molecule has 3 heterocycles. The van der Waals surface area contributed by atoms with Gasteiger partial charge >= 0.3 is 11.6 Å². The number of fused-ring (bicyclic) bond motifs is 1. The fourth-order valence-electron chi connectivity index (χ4n) is 2.32. The van der Waals surface area contributed by atoms with E-state index in [1.54, 1.807) is 6.07 Å². The van der Waals surface area contributed by atoms with Crippen molar-refractivity contribution in [2.75, 3.05) is 11.5 Å². The van der Waals surface area contributed by atoms with E-state index in [0.717, 1.165) is 0 Å². The highest BCUT2D eigenvalue weighted by molar-refractivity contribution is 8.01. The number of nitrogens with two attached hydrogens (primary N) is 1. The smallest absolute Gasteiger partial charge is 0.352 e. The monoisotopic (exact) mass is 340 g/mol. The van der Waals surface area contributed by atoms with Gasteiger partial charge in [0.15, 0.2) is 0 Å². The lowest BCUT2D eigenvalue weighted by molar-refractivity contribution is -0.147. The Morgan fingerprint density at radius 3 is 3.00 bits per heavy atom. The first-order valence-corrected chi connectivity index (χ1v) is 8.39. The topological polar surface area (TPSA) is 114 Å². The summed E-state index contributed by atoms with van der Waals surface area (Å²) in [5.74, 6) is -0.617. The van der Waals surface area contributed by atoms with Gasteiger partial charge in [-0.15, -0.1) is 23.5 Å². The lowest BCUT2D eigenvalue weighted by Gasteiger charge is -2.48. The van der Waals surface area contributed by atoms with Crippen molar-refractivity contribution in [1.29, 1.82) is 0 Å². The van der Waals surface area contributed by atoms with Gasteiger partial charge in [0.25, 0.3) is 0 Å². The lowest BCUT2D eigenvalue weighted by atomic mass is 10.0. The maximum absolute atomic E-state index is 11.8. The average molecular weight is 340 g/mol. The number of carboxylic acids is 1. The third kappa shape index (κ3) is 2.55. The van der Waals surface area contributed by atoms with Crippen LogP contribution in [0.3, 0.4) is 0 Å². The predicted octanol–water partition coefficient (Wildman–Crippen LogP) is 0.313. The van der Waals surface area contributed by atoms with Crippen LogP contribution < -0.4 is 11.4 Å². The maximum Gasteiger partial charge on any atom is 0.352 e. The van der Waals surface area contributed by atoms with Crippen molar-refractivity contribution in [3.63, 3.8) is 0 Å². The second-order valence-electron chi connectivity index (χ2n) is 4.77. The van der Waals surface area contributed by atoms with E-state index in [2.05, 4.69) is 4.42 Å². The number of hydrogen-bond acceptors (Lipinski definition) is 7. The molecule has 1 amide bonds. The Balaban J connectivity index is 1.83. The number of amides is 1. The Morgan fingerprint density at radius 2 is 2.32 bits per heavy atom. The van der Waals surface area contributed by atoms with Crippen LogP contribution in [0.2, 0.25) is 0 Å². The SMILES string of the molecule is N[C@@H]1C(=O)N2C(C(=O)O)=C(CSc3ccoc(=O)c3)CS[C@H]12. The molecule has 0 aromatic carbocycles. The summed E-state index contributed by atoms with van der Waals surface area (Å²) in [6.07, 6.45) is 1.29. The van der Waals surface area contributed by atoms with Crippen molar-refractivity contribution in [3.05, 3.63) is 40.1 Å². The molecule has 7 nitrogen and oxygen atoms in total. The Kier molecular flexibility index (Phi) is 4.02. The first-order valence-electron chi connectivity index (χ1n) is 6.36. The number of nitrogens with zero attached hydrogens (tertiary/aromatic N) is 1. The van der Waals surface area contributed by atoms with Crippen molar-refractivity contribution < 1.29 is 19.1 Å². The normalized spacial score (nSPS) is 24.0. The van der Waals surface area contributed by atoms with E-state index in [9.17, 15) is 19.5 Å². The lowest BCUT2D eigenvalue weighted by Crippen LogP contribution is -2.68. The zero-order valence-electron chi connectivity index (χ0n) is 11.2. The van der Waals surface area contributed by atoms with Gasteiger partial charge in [0.1, 0.15) is 17.1 Å². The quantitative estimate of drug-likeness (QED) is 0.595. The standard InChI is InChI=1S/C13H12N2O5S2/c14-9-11(17)15-10(13(18)19)6(5-22-12(9)15)4-21-7-1-2-20-8(16)3-7/h1-3,9,12H,4-5,14H2,(H,18,19)/t9-,12-/m1/s1. The molecule has 2 aliphatic rings. The summed E-state index contributed by atoms with van der Waals surface area (Å²) in [5.41, 5.74) is 5.89. The number of thioether (sulfide) groups is 2. The van der Waals surface area contributed by atoms with E-state index in [0.29, 0.717) is 22.0 Å². The van der Waals surface area contributed by atoms with Gasteiger partial charge in [-0.3, -0.25) is 9.69 Å². The number of hydrogen-bond donors (Lipinski definition) is 2. The number of aliphatic carboxylic acids is 1. The van der Waals surface area contributed by atoms with Gasteiger partial charge in [-0.25, -0.2) is 9.59 Å². The van der Waals surface area contributed by atoms with Gasteiger partial charge in [0.05, 0.1) is 6.26 Å². The summed E-state index contributed by atoms with van der Waals surface area (Å²) in [4.78, 5) is 36.4. The molecule has 0 bridgehead atoms. The largest absolute Gasteiger partial charge is 0.477 e. The molecule has 1 aromatic rings. The molecule has 9 heteroatoms. The van der Waals surface area contributed by atoms with E-state index in [1.165, 1.54) is 40.8 Å². The highest BCUT2D eigenvalue weighted by Crippen LogP contribution is 2.40. The predicted molar refractivity (Wildman–Crippen MR) is 81.4 cm³/mol. The summed E-state index contributed by atoms with van der Waals surface area (Å²) in [6.45, 7) is 0.